The summed E-state index contributed by atoms with van der Waals surface area (Å²) in [6, 6.07) is 19.9. The Morgan fingerprint density at radius 2 is 1.69 bits per heavy atom. The van der Waals surface area contributed by atoms with E-state index in [2.05, 4.69) is 56.1 Å². The summed E-state index contributed by atoms with van der Waals surface area (Å²) in [6.45, 7) is 9.32. The maximum atomic E-state index is 10.0. The van der Waals surface area contributed by atoms with Gasteiger partial charge in [0.05, 0.1) is 5.76 Å². The Balaban J connectivity index is 0.000000456. The average Bonchev–Trinajstić information content (AvgIpc) is 2.61. The van der Waals surface area contributed by atoms with Crippen LogP contribution in [0.4, 0.5) is 0 Å². The summed E-state index contributed by atoms with van der Waals surface area (Å²) in [6.07, 6.45) is 3.01. The quantitative estimate of drug-likeness (QED) is 0.234. The predicted molar refractivity (Wildman–Crippen MR) is 115 cm³/mol. The Hall–Kier alpha value is -2.51. The number of carbonyl (C=O) groups is 1. The summed E-state index contributed by atoms with van der Waals surface area (Å²) in [4.78, 5) is 14.6. The van der Waals surface area contributed by atoms with E-state index in [1.54, 1.807) is 0 Å². The number of benzene rings is 2. The number of aliphatic hydroxyl groups excluding tert-OH is 1. The zero-order valence-corrected chi connectivity index (χ0v) is 19.7. The molecule has 0 aliphatic carbocycles. The number of hydrogen-bond donors (Lipinski definition) is 1. The van der Waals surface area contributed by atoms with Crippen LogP contribution in [0.5, 0.6) is 0 Å². The first-order valence-electron chi connectivity index (χ1n) is 9.17. The number of aromatic nitrogens is 1. The third kappa shape index (κ3) is 7.10. The Morgan fingerprint density at radius 1 is 1.03 bits per heavy atom. The topological polar surface area (TPSA) is 50.2 Å². The predicted octanol–water partition coefficient (Wildman–Crippen LogP) is 6.18. The molecule has 154 valence electrons. The zero-order chi connectivity index (χ0) is 20.7. The molecule has 1 aromatic heterocycles. The van der Waals surface area contributed by atoms with Crippen molar-refractivity contribution in [2.45, 2.75) is 34.6 Å². The number of aryl methyl sites for hydroxylation is 3. The summed E-state index contributed by atoms with van der Waals surface area (Å²) in [5.74, 6) is -0.0625. The molecule has 29 heavy (non-hydrogen) atoms. The van der Waals surface area contributed by atoms with Gasteiger partial charge >= 0.3 is 0 Å². The van der Waals surface area contributed by atoms with Crippen LogP contribution < -0.4 is 0 Å². The second kappa shape index (κ2) is 11.5. The summed E-state index contributed by atoms with van der Waals surface area (Å²) in [5, 5.41) is 8.36. The average molecular weight is 568 g/mol. The van der Waals surface area contributed by atoms with E-state index in [0.717, 1.165) is 11.3 Å². The van der Waals surface area contributed by atoms with Gasteiger partial charge in [0.15, 0.2) is 5.78 Å². The van der Waals surface area contributed by atoms with Crippen molar-refractivity contribution in [2.75, 3.05) is 0 Å². The molecule has 0 saturated carbocycles. The molecule has 1 heterocycles. The second-order valence-electron chi connectivity index (χ2n) is 6.85. The van der Waals surface area contributed by atoms with Crippen molar-refractivity contribution in [2.24, 2.45) is 0 Å². The van der Waals surface area contributed by atoms with E-state index in [-0.39, 0.29) is 32.6 Å². The Kier molecular flexibility index (Phi) is 9.71. The molecular weight excluding hydrogens is 541 g/mol. The van der Waals surface area contributed by atoms with Crippen LogP contribution in [0.25, 0.3) is 22.4 Å². The fourth-order valence-electron chi connectivity index (χ4n) is 3.26. The van der Waals surface area contributed by atoms with Gasteiger partial charge in [-0.15, -0.1) is 35.9 Å². The molecule has 3 nitrogen and oxygen atoms in total. The molecule has 0 spiro atoms. The Morgan fingerprint density at radius 3 is 2.17 bits per heavy atom. The molecule has 4 heteroatoms. The number of nitrogens with zero attached hydrogens (tertiary/aromatic N) is 1. The van der Waals surface area contributed by atoms with Gasteiger partial charge < -0.3 is 10.1 Å². The second-order valence-corrected chi connectivity index (χ2v) is 6.85. The first kappa shape index (κ1) is 24.5. The van der Waals surface area contributed by atoms with E-state index in [9.17, 15) is 4.79 Å². The standard InChI is InChI=1S/C20H18N.C5H8O2.Pt/c1-14-12-15(2)19(16(3)13-14)18-10-7-11-21-20(18)17-8-5-4-6-9-17;1-4(6)3-5(2)7;/h4-8,10-13H,1-3H3;3,6H,1-2H3;/q-1;;/b;4-3-;. The van der Waals surface area contributed by atoms with E-state index in [0.29, 0.717) is 0 Å². The van der Waals surface area contributed by atoms with Gasteiger partial charge in [-0.3, -0.25) is 4.79 Å². The Labute approximate surface area is 187 Å². The zero-order valence-electron chi connectivity index (χ0n) is 17.4. The minimum atomic E-state index is -0.125. The van der Waals surface area contributed by atoms with E-state index < -0.39 is 0 Å². The molecule has 3 aromatic rings. The third-order valence-electron chi connectivity index (χ3n) is 4.13. The van der Waals surface area contributed by atoms with Crippen molar-refractivity contribution in [1.29, 1.82) is 0 Å². The molecule has 0 aliphatic rings. The minimum absolute atomic E-state index is 0. The number of pyridine rings is 1. The molecule has 3 rings (SSSR count). The van der Waals surface area contributed by atoms with Crippen LogP contribution in [0, 0.1) is 26.8 Å². The van der Waals surface area contributed by atoms with Crippen LogP contribution in [0.3, 0.4) is 0 Å². The molecule has 0 fully saturated rings. The van der Waals surface area contributed by atoms with Crippen molar-refractivity contribution in [1.82, 2.24) is 4.98 Å². The third-order valence-corrected chi connectivity index (χ3v) is 4.13. The van der Waals surface area contributed by atoms with Gasteiger partial charge in [0.1, 0.15) is 0 Å². The first-order chi connectivity index (χ1) is 13.3. The summed E-state index contributed by atoms with van der Waals surface area (Å²) in [7, 11) is 0. The number of carbonyl (C=O) groups excluding carboxylic acids is 1. The van der Waals surface area contributed by atoms with Crippen LogP contribution >= 0.6 is 0 Å². The van der Waals surface area contributed by atoms with Gasteiger partial charge in [-0.1, -0.05) is 23.8 Å². The molecule has 0 aliphatic heterocycles. The maximum Gasteiger partial charge on any atom is 0.155 e. The van der Waals surface area contributed by atoms with Crippen molar-refractivity contribution in [3.05, 3.63) is 89.3 Å². The van der Waals surface area contributed by atoms with Crippen LogP contribution in [0.15, 0.2) is 66.6 Å². The van der Waals surface area contributed by atoms with Gasteiger partial charge in [0.25, 0.3) is 0 Å². The molecule has 0 unspecified atom stereocenters. The van der Waals surface area contributed by atoms with Crippen molar-refractivity contribution in [3.8, 4) is 22.4 Å². The van der Waals surface area contributed by atoms with Crippen LogP contribution in [-0.2, 0) is 25.9 Å². The van der Waals surface area contributed by atoms with Crippen molar-refractivity contribution < 1.29 is 31.0 Å². The van der Waals surface area contributed by atoms with Gasteiger partial charge in [-0.05, 0) is 68.6 Å². The number of hydrogen-bond acceptors (Lipinski definition) is 3. The molecule has 1 N–H and O–H groups in total. The largest absolute Gasteiger partial charge is 0.512 e. The van der Waals surface area contributed by atoms with Gasteiger partial charge in [0, 0.05) is 33.3 Å². The molecule has 0 bridgehead atoms. The first-order valence-corrected chi connectivity index (χ1v) is 9.17. The molecule has 0 atom stereocenters. The summed E-state index contributed by atoms with van der Waals surface area (Å²) in [5.41, 5.74) is 8.36. The summed E-state index contributed by atoms with van der Waals surface area (Å²) < 4.78 is 0. The van der Waals surface area contributed by atoms with E-state index in [4.69, 9.17) is 5.11 Å². The fourth-order valence-corrected chi connectivity index (χ4v) is 3.26. The van der Waals surface area contributed by atoms with Crippen LogP contribution in [-0.4, -0.2) is 15.9 Å². The fraction of sp³-hybridized carbons (Fsp3) is 0.200. The molecule has 0 saturated heterocycles. The number of ketones is 1. The maximum absolute atomic E-state index is 10.0. The number of allylic oxidation sites excluding steroid dienone is 2. The van der Waals surface area contributed by atoms with E-state index in [1.807, 2.05) is 30.5 Å². The smallest absolute Gasteiger partial charge is 0.155 e. The van der Waals surface area contributed by atoms with E-state index >= 15 is 0 Å². The summed E-state index contributed by atoms with van der Waals surface area (Å²) >= 11 is 0. The normalized spacial score (nSPS) is 10.4. The molecule has 0 radical (unpaired) electrons. The van der Waals surface area contributed by atoms with Crippen molar-refractivity contribution >= 4 is 5.78 Å². The van der Waals surface area contributed by atoms with E-state index in [1.165, 1.54) is 47.7 Å². The van der Waals surface area contributed by atoms with Gasteiger partial charge in [0.2, 0.25) is 0 Å². The van der Waals surface area contributed by atoms with Gasteiger partial charge in [-0.2, -0.15) is 0 Å². The van der Waals surface area contributed by atoms with Crippen LogP contribution in [0.2, 0.25) is 0 Å². The molecule has 0 amide bonds. The minimum Gasteiger partial charge on any atom is -0.512 e. The van der Waals surface area contributed by atoms with Crippen LogP contribution in [0.1, 0.15) is 30.5 Å². The number of rotatable bonds is 3. The van der Waals surface area contributed by atoms with Gasteiger partial charge in [-0.25, -0.2) is 0 Å². The molecule has 2 aromatic carbocycles. The van der Waals surface area contributed by atoms with Crippen molar-refractivity contribution in [3.63, 3.8) is 0 Å². The molecular formula is C25H26NO2Pt-. The number of aliphatic hydroxyl groups is 1. The SMILES string of the molecule is CC(=O)/C=C(/C)O.Cc1cc(C)c(-c2cccnc2-c2[c-]cccc2)c(C)c1.[Pt]. The monoisotopic (exact) mass is 567 g/mol. The Bertz CT molecular complexity index is 968.